The second-order valence-electron chi connectivity index (χ2n) is 5.11. The van der Waals surface area contributed by atoms with Crippen LogP contribution < -0.4 is 4.74 Å². The molecule has 112 valence electrons. The van der Waals surface area contributed by atoms with Crippen molar-refractivity contribution < 1.29 is 13.9 Å². The number of nitrogens with zero attached hydrogens (tertiary/aromatic N) is 1. The Balaban J connectivity index is 1.81. The fourth-order valence-corrected chi connectivity index (χ4v) is 2.45. The number of para-hydroxylation sites is 2. The second-order valence-corrected chi connectivity index (χ2v) is 5.11. The Morgan fingerprint density at radius 1 is 1.14 bits per heavy atom. The van der Waals surface area contributed by atoms with Crippen molar-refractivity contribution in [3.05, 3.63) is 65.9 Å². The lowest BCUT2D eigenvalue weighted by atomic mass is 10.1. The van der Waals surface area contributed by atoms with Crippen molar-refractivity contribution in [3.8, 4) is 5.75 Å². The summed E-state index contributed by atoms with van der Waals surface area (Å²) in [4.78, 5) is 14.2. The van der Waals surface area contributed by atoms with Gasteiger partial charge in [0.2, 0.25) is 0 Å². The van der Waals surface area contributed by atoms with Gasteiger partial charge >= 0.3 is 0 Å². The average molecular weight is 295 g/mol. The lowest BCUT2D eigenvalue weighted by Crippen LogP contribution is -2.26. The van der Waals surface area contributed by atoms with Crippen LogP contribution in [0.2, 0.25) is 0 Å². The Bertz CT molecular complexity index is 774. The van der Waals surface area contributed by atoms with Crippen molar-refractivity contribution >= 4 is 16.9 Å². The topological polar surface area (TPSA) is 42.7 Å². The highest BCUT2D eigenvalue weighted by atomic mass is 16.5. The predicted molar refractivity (Wildman–Crippen MR) is 85.0 cm³/mol. The van der Waals surface area contributed by atoms with E-state index in [9.17, 15) is 4.79 Å². The van der Waals surface area contributed by atoms with Gasteiger partial charge in [0.15, 0.2) is 0 Å². The number of methoxy groups -OCH3 is 1. The van der Waals surface area contributed by atoms with E-state index < -0.39 is 0 Å². The van der Waals surface area contributed by atoms with E-state index in [1.807, 2.05) is 42.5 Å². The number of rotatable bonds is 4. The molecule has 0 aliphatic rings. The molecule has 4 nitrogen and oxygen atoms in total. The summed E-state index contributed by atoms with van der Waals surface area (Å²) in [7, 11) is 3.31. The molecule has 0 saturated heterocycles. The average Bonchev–Trinajstić information content (AvgIpc) is 2.96. The highest BCUT2D eigenvalue weighted by Crippen LogP contribution is 2.22. The van der Waals surface area contributed by atoms with Crippen molar-refractivity contribution in [1.82, 2.24) is 4.90 Å². The minimum Gasteiger partial charge on any atom is -0.496 e. The van der Waals surface area contributed by atoms with E-state index in [4.69, 9.17) is 9.15 Å². The third kappa shape index (κ3) is 2.68. The lowest BCUT2D eigenvalue weighted by molar-refractivity contribution is 0.0773. The van der Waals surface area contributed by atoms with Crippen LogP contribution in [0.25, 0.3) is 11.0 Å². The van der Waals surface area contributed by atoms with Gasteiger partial charge < -0.3 is 14.1 Å². The van der Waals surface area contributed by atoms with Crippen LogP contribution in [0, 0.1) is 0 Å². The highest BCUT2D eigenvalue weighted by molar-refractivity contribution is 5.96. The van der Waals surface area contributed by atoms with Crippen molar-refractivity contribution in [3.63, 3.8) is 0 Å². The summed E-state index contributed by atoms with van der Waals surface area (Å²) < 4.78 is 11.0. The number of ether oxygens (including phenoxy) is 1. The molecule has 0 unspecified atom stereocenters. The molecule has 3 aromatic rings. The molecule has 0 saturated carbocycles. The Kier molecular flexibility index (Phi) is 3.83. The van der Waals surface area contributed by atoms with Gasteiger partial charge in [0.05, 0.1) is 19.2 Å². The minimum atomic E-state index is -0.0992. The van der Waals surface area contributed by atoms with Gasteiger partial charge in [-0.1, -0.05) is 30.3 Å². The third-order valence-corrected chi connectivity index (χ3v) is 3.55. The molecule has 1 heterocycles. The Labute approximate surface area is 128 Å². The van der Waals surface area contributed by atoms with Crippen LogP contribution >= 0.6 is 0 Å². The van der Waals surface area contributed by atoms with Crippen molar-refractivity contribution in [2.24, 2.45) is 0 Å². The maximum atomic E-state index is 12.5. The van der Waals surface area contributed by atoms with Gasteiger partial charge in [0, 0.05) is 12.4 Å². The van der Waals surface area contributed by atoms with E-state index in [0.717, 1.165) is 16.7 Å². The van der Waals surface area contributed by atoms with Gasteiger partial charge in [-0.25, -0.2) is 0 Å². The molecule has 1 aromatic heterocycles. The predicted octanol–water partition coefficient (Wildman–Crippen LogP) is 3.71. The smallest absolute Gasteiger partial charge is 0.257 e. The maximum Gasteiger partial charge on any atom is 0.257 e. The molecule has 0 aliphatic heterocycles. The first-order valence-corrected chi connectivity index (χ1v) is 7.05. The number of carbonyl (C=O) groups excluding carboxylic acids is 1. The summed E-state index contributed by atoms with van der Waals surface area (Å²) in [5, 5.41) is 1.04. The van der Waals surface area contributed by atoms with Crippen LogP contribution in [0.1, 0.15) is 16.1 Å². The van der Waals surface area contributed by atoms with E-state index >= 15 is 0 Å². The summed E-state index contributed by atoms with van der Waals surface area (Å²) in [5.41, 5.74) is 1.37. The standard InChI is InChI=1S/C18H17NO3/c1-19(18(20)15-8-4-6-10-17(15)21-2)12-14-11-13-7-3-5-9-16(13)22-14/h3-11H,12H2,1-2H3. The van der Waals surface area contributed by atoms with Gasteiger partial charge in [-0.3, -0.25) is 4.79 Å². The van der Waals surface area contributed by atoms with Gasteiger partial charge in [-0.05, 0) is 24.3 Å². The Morgan fingerprint density at radius 2 is 1.86 bits per heavy atom. The molecule has 2 aromatic carbocycles. The molecule has 0 spiro atoms. The fraction of sp³-hybridized carbons (Fsp3) is 0.167. The molecule has 0 radical (unpaired) electrons. The molecule has 0 N–H and O–H groups in total. The number of furan rings is 1. The molecular formula is C18H17NO3. The number of amides is 1. The van der Waals surface area contributed by atoms with Crippen LogP contribution in [-0.2, 0) is 6.54 Å². The summed E-state index contributed by atoms with van der Waals surface area (Å²) >= 11 is 0. The molecule has 1 amide bonds. The summed E-state index contributed by atoms with van der Waals surface area (Å²) in [6, 6.07) is 17.0. The van der Waals surface area contributed by atoms with E-state index in [0.29, 0.717) is 17.9 Å². The first-order chi connectivity index (χ1) is 10.7. The zero-order chi connectivity index (χ0) is 15.5. The van der Waals surface area contributed by atoms with Crippen molar-refractivity contribution in [2.75, 3.05) is 14.2 Å². The zero-order valence-electron chi connectivity index (χ0n) is 12.6. The van der Waals surface area contributed by atoms with Crippen LogP contribution in [0.5, 0.6) is 5.75 Å². The highest BCUT2D eigenvalue weighted by Gasteiger charge is 2.17. The SMILES string of the molecule is COc1ccccc1C(=O)N(C)Cc1cc2ccccc2o1. The van der Waals surface area contributed by atoms with Gasteiger partial charge in [-0.15, -0.1) is 0 Å². The van der Waals surface area contributed by atoms with Crippen LogP contribution in [0.3, 0.4) is 0 Å². The molecule has 4 heteroatoms. The first kappa shape index (κ1) is 14.2. The van der Waals surface area contributed by atoms with Gasteiger partial charge in [-0.2, -0.15) is 0 Å². The van der Waals surface area contributed by atoms with Crippen LogP contribution in [-0.4, -0.2) is 25.0 Å². The van der Waals surface area contributed by atoms with Crippen molar-refractivity contribution in [2.45, 2.75) is 6.54 Å². The number of carbonyl (C=O) groups is 1. The van der Waals surface area contributed by atoms with E-state index in [1.165, 1.54) is 0 Å². The monoisotopic (exact) mass is 295 g/mol. The minimum absolute atomic E-state index is 0.0992. The van der Waals surface area contributed by atoms with Crippen LogP contribution in [0.4, 0.5) is 0 Å². The van der Waals surface area contributed by atoms with Gasteiger partial charge in [0.25, 0.3) is 5.91 Å². The van der Waals surface area contributed by atoms with E-state index in [-0.39, 0.29) is 5.91 Å². The van der Waals surface area contributed by atoms with Crippen LogP contribution in [0.15, 0.2) is 59.0 Å². The number of hydrogen-bond donors (Lipinski definition) is 0. The Hall–Kier alpha value is -2.75. The first-order valence-electron chi connectivity index (χ1n) is 7.05. The largest absolute Gasteiger partial charge is 0.496 e. The summed E-state index contributed by atoms with van der Waals surface area (Å²) in [6.07, 6.45) is 0. The number of fused-ring (bicyclic) bond motifs is 1. The third-order valence-electron chi connectivity index (χ3n) is 3.55. The van der Waals surface area contributed by atoms with Crippen molar-refractivity contribution in [1.29, 1.82) is 0 Å². The number of benzene rings is 2. The summed E-state index contributed by atoms with van der Waals surface area (Å²) in [5.74, 6) is 1.23. The molecule has 0 bridgehead atoms. The maximum absolute atomic E-state index is 12.5. The molecule has 0 atom stereocenters. The van der Waals surface area contributed by atoms with E-state index in [1.54, 1.807) is 31.2 Å². The molecule has 3 rings (SSSR count). The second kappa shape index (κ2) is 5.93. The summed E-state index contributed by atoms with van der Waals surface area (Å²) in [6.45, 7) is 0.408. The molecular weight excluding hydrogens is 278 g/mol. The quantitative estimate of drug-likeness (QED) is 0.737. The fourth-order valence-electron chi connectivity index (χ4n) is 2.45. The normalized spacial score (nSPS) is 10.6. The lowest BCUT2D eigenvalue weighted by Gasteiger charge is -2.17. The molecule has 0 fully saturated rings. The Morgan fingerprint density at radius 3 is 2.64 bits per heavy atom. The molecule has 22 heavy (non-hydrogen) atoms. The van der Waals surface area contributed by atoms with E-state index in [2.05, 4.69) is 0 Å². The van der Waals surface area contributed by atoms with Gasteiger partial charge in [0.1, 0.15) is 17.1 Å². The number of hydrogen-bond acceptors (Lipinski definition) is 3. The zero-order valence-corrected chi connectivity index (χ0v) is 12.6. The molecule has 0 aliphatic carbocycles.